The van der Waals surface area contributed by atoms with Gasteiger partial charge in [-0.2, -0.15) is 0 Å². The second-order valence-corrected chi connectivity index (χ2v) is 7.37. The van der Waals surface area contributed by atoms with E-state index in [-0.39, 0.29) is 12.5 Å². The van der Waals surface area contributed by atoms with Gasteiger partial charge in [-0.15, -0.1) is 0 Å². The number of fused-ring (bicyclic) bond motifs is 1. The van der Waals surface area contributed by atoms with Crippen molar-refractivity contribution in [2.75, 3.05) is 18.6 Å². The van der Waals surface area contributed by atoms with Crippen LogP contribution in [0.5, 0.6) is 5.88 Å². The van der Waals surface area contributed by atoms with Gasteiger partial charge in [0.25, 0.3) is 11.8 Å². The summed E-state index contributed by atoms with van der Waals surface area (Å²) in [6.45, 7) is -0.0188. The number of hydrogen-bond donors (Lipinski definition) is 1. The number of hydrogen-bond acceptors (Lipinski definition) is 5. The Labute approximate surface area is 154 Å². The van der Waals surface area contributed by atoms with E-state index in [0.29, 0.717) is 18.0 Å². The van der Waals surface area contributed by atoms with Gasteiger partial charge in [0.15, 0.2) is 12.4 Å². The van der Waals surface area contributed by atoms with Gasteiger partial charge in [0, 0.05) is 19.1 Å². The molecule has 2 fully saturated rings. The summed E-state index contributed by atoms with van der Waals surface area (Å²) < 4.78 is 5.82. The summed E-state index contributed by atoms with van der Waals surface area (Å²) in [6, 6.07) is 8.56. The number of carbonyl (C=O) groups excluding carboxylic acids is 1. The van der Waals surface area contributed by atoms with Crippen molar-refractivity contribution in [3.8, 4) is 5.88 Å². The molecule has 0 aliphatic heterocycles. The van der Waals surface area contributed by atoms with Gasteiger partial charge >= 0.3 is 0 Å². The van der Waals surface area contributed by atoms with Gasteiger partial charge in [0.1, 0.15) is 0 Å². The van der Waals surface area contributed by atoms with E-state index in [0.717, 1.165) is 42.5 Å². The molecule has 2 aliphatic carbocycles. The third kappa shape index (κ3) is 3.89. The molecule has 0 radical (unpaired) electrons. The molecule has 0 bridgehead atoms. The first-order chi connectivity index (χ1) is 12.7. The fraction of sp³-hybridized carbons (Fsp3) is 0.550. The van der Waals surface area contributed by atoms with Crippen LogP contribution in [0.3, 0.4) is 0 Å². The van der Waals surface area contributed by atoms with E-state index >= 15 is 0 Å². The molecular formula is C20H26N4O2. The predicted molar refractivity (Wildman–Crippen MR) is 101 cm³/mol. The molecule has 0 atom stereocenters. The van der Waals surface area contributed by atoms with Gasteiger partial charge < -0.3 is 15.0 Å². The molecule has 1 N–H and O–H groups in total. The van der Waals surface area contributed by atoms with Gasteiger partial charge in [-0.3, -0.25) is 4.79 Å². The lowest BCUT2D eigenvalue weighted by Crippen LogP contribution is -2.35. The first-order valence-electron chi connectivity index (χ1n) is 9.62. The van der Waals surface area contributed by atoms with Gasteiger partial charge in [-0.1, -0.05) is 31.4 Å². The minimum absolute atomic E-state index is 0.0188. The molecule has 1 amide bonds. The van der Waals surface area contributed by atoms with Crippen molar-refractivity contribution >= 4 is 22.8 Å². The lowest BCUT2D eigenvalue weighted by Gasteiger charge is -2.32. The molecule has 0 unspecified atom stereocenters. The lowest BCUT2D eigenvalue weighted by molar-refractivity contribution is -0.123. The van der Waals surface area contributed by atoms with Crippen LogP contribution in [0.1, 0.15) is 44.9 Å². The smallest absolute Gasteiger partial charge is 0.258 e. The van der Waals surface area contributed by atoms with Crippen molar-refractivity contribution in [2.24, 2.45) is 0 Å². The standard InChI is InChI=1S/C20H26N4O2/c1-24(15-7-3-2-4-8-15)19-20(26-13-18(25)21-14-11-12-14)23-17-10-6-5-9-16(17)22-19/h5-6,9-10,14-15H,2-4,7-8,11-13H2,1H3,(H,21,25). The monoisotopic (exact) mass is 354 g/mol. The third-order valence-corrected chi connectivity index (χ3v) is 5.26. The molecule has 2 aliphatic rings. The van der Waals surface area contributed by atoms with Crippen LogP contribution in [-0.4, -0.2) is 41.6 Å². The third-order valence-electron chi connectivity index (χ3n) is 5.26. The summed E-state index contributed by atoms with van der Waals surface area (Å²) in [5, 5.41) is 2.95. The van der Waals surface area contributed by atoms with E-state index in [1.807, 2.05) is 24.3 Å². The molecule has 138 valence electrons. The minimum Gasteiger partial charge on any atom is -0.465 e. The van der Waals surface area contributed by atoms with Crippen LogP contribution < -0.4 is 15.0 Å². The SMILES string of the molecule is CN(c1nc2ccccc2nc1OCC(=O)NC1CC1)C1CCCCC1. The summed E-state index contributed by atoms with van der Waals surface area (Å²) in [5.74, 6) is 1.09. The van der Waals surface area contributed by atoms with E-state index < -0.39 is 0 Å². The second-order valence-electron chi connectivity index (χ2n) is 7.37. The number of nitrogens with one attached hydrogen (secondary N) is 1. The Kier molecular flexibility index (Phi) is 4.91. The van der Waals surface area contributed by atoms with Crippen LogP contribution >= 0.6 is 0 Å². The molecule has 2 saturated carbocycles. The van der Waals surface area contributed by atoms with Crippen molar-refractivity contribution in [2.45, 2.75) is 57.0 Å². The predicted octanol–water partition coefficient (Wildman–Crippen LogP) is 3.06. The average Bonchev–Trinajstić information content (AvgIpc) is 3.49. The summed E-state index contributed by atoms with van der Waals surface area (Å²) in [4.78, 5) is 23.7. The Morgan fingerprint density at radius 2 is 1.81 bits per heavy atom. The van der Waals surface area contributed by atoms with Crippen molar-refractivity contribution in [1.29, 1.82) is 0 Å². The molecule has 0 spiro atoms. The zero-order valence-corrected chi connectivity index (χ0v) is 15.3. The maximum Gasteiger partial charge on any atom is 0.258 e. The molecule has 2 aromatic rings. The van der Waals surface area contributed by atoms with Crippen molar-refractivity contribution < 1.29 is 9.53 Å². The van der Waals surface area contributed by atoms with E-state index in [4.69, 9.17) is 9.72 Å². The molecule has 26 heavy (non-hydrogen) atoms. The van der Waals surface area contributed by atoms with Crippen LogP contribution in [0.25, 0.3) is 11.0 Å². The maximum atomic E-state index is 12.0. The van der Waals surface area contributed by atoms with Crippen molar-refractivity contribution in [3.05, 3.63) is 24.3 Å². The van der Waals surface area contributed by atoms with E-state index in [9.17, 15) is 4.79 Å². The highest BCUT2D eigenvalue weighted by molar-refractivity contribution is 5.79. The number of carbonyl (C=O) groups is 1. The molecule has 6 heteroatoms. The summed E-state index contributed by atoms with van der Waals surface area (Å²) in [7, 11) is 2.06. The number of benzene rings is 1. The highest BCUT2D eigenvalue weighted by Crippen LogP contribution is 2.31. The first-order valence-corrected chi connectivity index (χ1v) is 9.62. The number of para-hydroxylation sites is 2. The number of aromatic nitrogens is 2. The molecule has 1 heterocycles. The van der Waals surface area contributed by atoms with E-state index in [1.54, 1.807) is 0 Å². The van der Waals surface area contributed by atoms with Crippen LogP contribution in [0.2, 0.25) is 0 Å². The molecular weight excluding hydrogens is 328 g/mol. The topological polar surface area (TPSA) is 67.3 Å². The van der Waals surface area contributed by atoms with Gasteiger partial charge in [-0.25, -0.2) is 9.97 Å². The summed E-state index contributed by atoms with van der Waals surface area (Å²) in [5.41, 5.74) is 1.63. The average molecular weight is 354 g/mol. The van der Waals surface area contributed by atoms with E-state index in [2.05, 4.69) is 22.2 Å². The number of ether oxygens (including phenoxy) is 1. The Bertz CT molecular complexity index is 784. The van der Waals surface area contributed by atoms with E-state index in [1.165, 1.54) is 19.3 Å². The van der Waals surface area contributed by atoms with Crippen molar-refractivity contribution in [3.63, 3.8) is 0 Å². The van der Waals surface area contributed by atoms with Crippen molar-refractivity contribution in [1.82, 2.24) is 15.3 Å². The normalized spacial score (nSPS) is 17.9. The highest BCUT2D eigenvalue weighted by atomic mass is 16.5. The molecule has 6 nitrogen and oxygen atoms in total. The number of amides is 1. The maximum absolute atomic E-state index is 12.0. The van der Waals surface area contributed by atoms with Crippen LogP contribution in [0.4, 0.5) is 5.82 Å². The van der Waals surface area contributed by atoms with Crippen LogP contribution in [0, 0.1) is 0 Å². The first kappa shape index (κ1) is 17.1. The number of anilines is 1. The zero-order valence-electron chi connectivity index (χ0n) is 15.3. The molecule has 0 saturated heterocycles. The minimum atomic E-state index is -0.0891. The Morgan fingerprint density at radius 1 is 1.12 bits per heavy atom. The Hall–Kier alpha value is -2.37. The van der Waals surface area contributed by atoms with Gasteiger partial charge in [0.2, 0.25) is 0 Å². The zero-order chi connectivity index (χ0) is 17.9. The van der Waals surface area contributed by atoms with Gasteiger partial charge in [0.05, 0.1) is 11.0 Å². The fourth-order valence-corrected chi connectivity index (χ4v) is 3.57. The Morgan fingerprint density at radius 3 is 2.50 bits per heavy atom. The van der Waals surface area contributed by atoms with Crippen LogP contribution in [0.15, 0.2) is 24.3 Å². The molecule has 4 rings (SSSR count). The lowest BCUT2D eigenvalue weighted by atomic mass is 9.94. The largest absolute Gasteiger partial charge is 0.465 e. The number of nitrogens with zero attached hydrogens (tertiary/aromatic N) is 3. The Balaban J connectivity index is 1.58. The second kappa shape index (κ2) is 7.48. The molecule has 1 aromatic carbocycles. The quantitative estimate of drug-likeness (QED) is 0.863. The highest BCUT2D eigenvalue weighted by Gasteiger charge is 2.25. The summed E-state index contributed by atoms with van der Waals surface area (Å²) >= 11 is 0. The van der Waals surface area contributed by atoms with Crippen LogP contribution in [-0.2, 0) is 4.79 Å². The fourth-order valence-electron chi connectivity index (χ4n) is 3.57. The number of rotatable bonds is 6. The van der Waals surface area contributed by atoms with Gasteiger partial charge in [-0.05, 0) is 37.8 Å². The molecule has 1 aromatic heterocycles. The summed E-state index contributed by atoms with van der Waals surface area (Å²) in [6.07, 6.45) is 8.25.